The minimum absolute atomic E-state index is 0.152. The van der Waals surface area contributed by atoms with Crippen molar-refractivity contribution in [1.82, 2.24) is 15.3 Å². The van der Waals surface area contributed by atoms with Gasteiger partial charge >= 0.3 is 5.69 Å². The highest BCUT2D eigenvalue weighted by molar-refractivity contribution is 5.78. The van der Waals surface area contributed by atoms with Gasteiger partial charge in [-0.15, -0.1) is 0 Å². The van der Waals surface area contributed by atoms with Gasteiger partial charge in [-0.3, -0.25) is 0 Å². The molecule has 1 aromatic carbocycles. The molecule has 19 heavy (non-hydrogen) atoms. The van der Waals surface area contributed by atoms with E-state index in [0.29, 0.717) is 0 Å². The fraction of sp³-hybridized carbons (Fsp3) is 0.500. The summed E-state index contributed by atoms with van der Waals surface area (Å²) < 4.78 is 0. The maximum atomic E-state index is 11.2. The Morgan fingerprint density at radius 3 is 3.00 bits per heavy atom. The van der Waals surface area contributed by atoms with Crippen LogP contribution in [0.2, 0.25) is 0 Å². The van der Waals surface area contributed by atoms with Crippen LogP contribution in [0.4, 0.5) is 5.69 Å². The molecule has 2 heterocycles. The summed E-state index contributed by atoms with van der Waals surface area (Å²) in [7, 11) is 0. The van der Waals surface area contributed by atoms with Gasteiger partial charge in [-0.05, 0) is 56.5 Å². The molecule has 0 saturated carbocycles. The number of H-pyrrole nitrogens is 2. The summed E-state index contributed by atoms with van der Waals surface area (Å²) in [4.78, 5) is 16.7. The Morgan fingerprint density at radius 1 is 1.26 bits per heavy atom. The molecule has 5 nitrogen and oxygen atoms in total. The molecule has 0 spiro atoms. The Morgan fingerprint density at radius 2 is 2.16 bits per heavy atom. The van der Waals surface area contributed by atoms with Gasteiger partial charge in [0.1, 0.15) is 0 Å². The van der Waals surface area contributed by atoms with E-state index >= 15 is 0 Å². The van der Waals surface area contributed by atoms with E-state index in [-0.39, 0.29) is 5.69 Å². The standard InChI is InChI=1S/C14H20N4O/c19-14-17-12-4-3-11(8-13(12)18-14)16-7-5-10-2-1-6-15-9-10/h3-4,8,10,15-16H,1-2,5-7,9H2,(H2,17,18,19). The summed E-state index contributed by atoms with van der Waals surface area (Å²) in [5.41, 5.74) is 2.62. The summed E-state index contributed by atoms with van der Waals surface area (Å²) in [6, 6.07) is 5.91. The molecule has 0 bridgehead atoms. The van der Waals surface area contributed by atoms with Crippen molar-refractivity contribution in [2.45, 2.75) is 19.3 Å². The van der Waals surface area contributed by atoms with Crippen molar-refractivity contribution in [3.05, 3.63) is 28.7 Å². The highest BCUT2D eigenvalue weighted by atomic mass is 16.1. The maximum absolute atomic E-state index is 11.2. The number of fused-ring (bicyclic) bond motifs is 1. The lowest BCUT2D eigenvalue weighted by molar-refractivity contribution is 0.364. The number of benzene rings is 1. The fourth-order valence-corrected chi connectivity index (χ4v) is 2.73. The van der Waals surface area contributed by atoms with Crippen LogP contribution in [-0.2, 0) is 0 Å². The van der Waals surface area contributed by atoms with Gasteiger partial charge in [0.25, 0.3) is 0 Å². The molecule has 1 aromatic heterocycles. The lowest BCUT2D eigenvalue weighted by atomic mass is 9.96. The molecular weight excluding hydrogens is 240 g/mol. The molecule has 1 fully saturated rings. The predicted molar refractivity (Wildman–Crippen MR) is 77.6 cm³/mol. The van der Waals surface area contributed by atoms with Crippen LogP contribution >= 0.6 is 0 Å². The van der Waals surface area contributed by atoms with E-state index in [2.05, 4.69) is 20.6 Å². The van der Waals surface area contributed by atoms with Gasteiger partial charge < -0.3 is 20.6 Å². The second-order valence-electron chi connectivity index (χ2n) is 5.27. The first-order valence-corrected chi connectivity index (χ1v) is 6.98. The molecule has 5 heteroatoms. The Balaban J connectivity index is 1.57. The minimum Gasteiger partial charge on any atom is -0.385 e. The van der Waals surface area contributed by atoms with Gasteiger partial charge in [0.15, 0.2) is 0 Å². The number of piperidine rings is 1. The van der Waals surface area contributed by atoms with Gasteiger partial charge in [-0.2, -0.15) is 0 Å². The van der Waals surface area contributed by atoms with Crippen molar-refractivity contribution in [2.75, 3.05) is 25.0 Å². The highest BCUT2D eigenvalue weighted by Gasteiger charge is 2.12. The average Bonchev–Trinajstić information content (AvgIpc) is 2.79. The third-order valence-electron chi connectivity index (χ3n) is 3.80. The molecule has 0 aliphatic carbocycles. The number of anilines is 1. The Bertz CT molecular complexity index is 595. The van der Waals surface area contributed by atoms with E-state index in [0.717, 1.165) is 35.7 Å². The summed E-state index contributed by atoms with van der Waals surface area (Å²) in [5, 5.41) is 6.87. The van der Waals surface area contributed by atoms with E-state index < -0.39 is 0 Å². The van der Waals surface area contributed by atoms with Crippen molar-refractivity contribution in [2.24, 2.45) is 5.92 Å². The van der Waals surface area contributed by atoms with E-state index in [1.807, 2.05) is 18.2 Å². The summed E-state index contributed by atoms with van der Waals surface area (Å²) in [6.45, 7) is 3.29. The average molecular weight is 260 g/mol. The zero-order valence-electron chi connectivity index (χ0n) is 11.0. The third-order valence-corrected chi connectivity index (χ3v) is 3.80. The predicted octanol–water partition coefficient (Wildman–Crippen LogP) is 1.66. The molecule has 102 valence electrons. The molecule has 1 saturated heterocycles. The summed E-state index contributed by atoms with van der Waals surface area (Å²) in [6.07, 6.45) is 3.81. The van der Waals surface area contributed by atoms with Gasteiger partial charge in [0.05, 0.1) is 11.0 Å². The molecule has 1 atom stereocenters. The molecule has 2 aromatic rings. The second-order valence-corrected chi connectivity index (χ2v) is 5.27. The van der Waals surface area contributed by atoms with Gasteiger partial charge in [-0.1, -0.05) is 0 Å². The Labute approximate surface area is 111 Å². The molecule has 0 radical (unpaired) electrons. The normalized spacial score (nSPS) is 19.7. The second kappa shape index (κ2) is 5.48. The van der Waals surface area contributed by atoms with Crippen molar-refractivity contribution in [1.29, 1.82) is 0 Å². The van der Waals surface area contributed by atoms with Gasteiger partial charge in [0, 0.05) is 12.2 Å². The zero-order valence-corrected chi connectivity index (χ0v) is 11.0. The van der Waals surface area contributed by atoms with E-state index in [9.17, 15) is 4.79 Å². The number of hydrogen-bond acceptors (Lipinski definition) is 3. The zero-order chi connectivity index (χ0) is 13.1. The molecule has 4 N–H and O–H groups in total. The minimum atomic E-state index is -0.152. The Hall–Kier alpha value is -1.75. The summed E-state index contributed by atoms with van der Waals surface area (Å²) in [5.74, 6) is 0.789. The van der Waals surface area contributed by atoms with Crippen LogP contribution in [0.1, 0.15) is 19.3 Å². The Kier molecular flexibility index (Phi) is 3.55. The molecule has 1 aliphatic rings. The van der Waals surface area contributed by atoms with Crippen LogP contribution in [0.5, 0.6) is 0 Å². The largest absolute Gasteiger partial charge is 0.385 e. The van der Waals surface area contributed by atoms with Crippen molar-refractivity contribution >= 4 is 16.7 Å². The highest BCUT2D eigenvalue weighted by Crippen LogP contribution is 2.17. The first-order valence-electron chi connectivity index (χ1n) is 6.98. The monoisotopic (exact) mass is 260 g/mol. The first kappa shape index (κ1) is 12.3. The number of hydrogen-bond donors (Lipinski definition) is 4. The molecule has 1 aliphatic heterocycles. The van der Waals surface area contributed by atoms with Crippen LogP contribution in [-0.4, -0.2) is 29.6 Å². The third kappa shape index (κ3) is 2.98. The number of nitrogens with one attached hydrogen (secondary N) is 4. The molecule has 3 rings (SSSR count). The van der Waals surface area contributed by atoms with Crippen molar-refractivity contribution < 1.29 is 0 Å². The van der Waals surface area contributed by atoms with Crippen LogP contribution < -0.4 is 16.3 Å². The van der Waals surface area contributed by atoms with E-state index in [4.69, 9.17) is 0 Å². The summed E-state index contributed by atoms with van der Waals surface area (Å²) >= 11 is 0. The van der Waals surface area contributed by atoms with Crippen LogP contribution in [0.25, 0.3) is 11.0 Å². The molecular formula is C14H20N4O. The van der Waals surface area contributed by atoms with Crippen LogP contribution in [0.15, 0.2) is 23.0 Å². The lowest BCUT2D eigenvalue weighted by Crippen LogP contribution is -2.30. The topological polar surface area (TPSA) is 72.7 Å². The molecule has 1 unspecified atom stereocenters. The lowest BCUT2D eigenvalue weighted by Gasteiger charge is -2.22. The van der Waals surface area contributed by atoms with Gasteiger partial charge in [-0.25, -0.2) is 4.79 Å². The van der Waals surface area contributed by atoms with Crippen LogP contribution in [0.3, 0.4) is 0 Å². The first-order chi connectivity index (χ1) is 9.31. The van der Waals surface area contributed by atoms with Crippen molar-refractivity contribution in [3.8, 4) is 0 Å². The van der Waals surface area contributed by atoms with Gasteiger partial charge in [0.2, 0.25) is 0 Å². The number of imidazole rings is 1. The van der Waals surface area contributed by atoms with E-state index in [1.54, 1.807) is 0 Å². The smallest absolute Gasteiger partial charge is 0.323 e. The quantitative estimate of drug-likeness (QED) is 0.675. The number of aromatic amines is 2. The maximum Gasteiger partial charge on any atom is 0.323 e. The fourth-order valence-electron chi connectivity index (χ4n) is 2.73. The van der Waals surface area contributed by atoms with Crippen LogP contribution in [0, 0.1) is 5.92 Å². The van der Waals surface area contributed by atoms with E-state index in [1.165, 1.54) is 25.8 Å². The SMILES string of the molecule is O=c1[nH]c2ccc(NCCC3CCCNC3)cc2[nH]1. The molecule has 0 amide bonds. The number of aromatic nitrogens is 2. The van der Waals surface area contributed by atoms with Crippen molar-refractivity contribution in [3.63, 3.8) is 0 Å². The number of rotatable bonds is 4.